The summed E-state index contributed by atoms with van der Waals surface area (Å²) in [5.41, 5.74) is 1.79. The molecule has 2 aromatic carbocycles. The van der Waals surface area contributed by atoms with Gasteiger partial charge in [-0.3, -0.25) is 4.98 Å². The van der Waals surface area contributed by atoms with Crippen LogP contribution in [0, 0.1) is 13.7 Å². The normalized spacial score (nSPS) is 17.1. The second-order valence-electron chi connectivity index (χ2n) is 10.5. The maximum atomic E-state index is 9.40. The third-order valence-corrected chi connectivity index (χ3v) is 6.46. The van der Waals surface area contributed by atoms with Gasteiger partial charge in [-0.25, -0.2) is 4.98 Å². The van der Waals surface area contributed by atoms with Crippen molar-refractivity contribution in [1.29, 1.82) is 0 Å². The largest absolute Gasteiger partial charge is 0.437 e. The van der Waals surface area contributed by atoms with Crippen molar-refractivity contribution in [3.8, 4) is 11.3 Å². The fourth-order valence-electron chi connectivity index (χ4n) is 4.38. The molecule has 0 bridgehead atoms. The monoisotopic (exact) mass is 470 g/mol. The van der Waals surface area contributed by atoms with E-state index in [0.717, 1.165) is 11.1 Å². The number of rotatable bonds is 4. The predicted octanol–water partition coefficient (Wildman–Crippen LogP) is 8.48. The zero-order valence-electron chi connectivity index (χ0n) is 28.7. The van der Waals surface area contributed by atoms with Crippen LogP contribution in [0.25, 0.3) is 33.3 Å². The minimum atomic E-state index is -2.61. The first-order valence-electron chi connectivity index (χ1n) is 15.7. The number of hydrogen-bond donors (Lipinski definition) is 0. The molecular weight excluding hydrogens is 428 g/mol. The molecule has 5 aromatic rings. The molecule has 0 N–H and O–H groups in total. The van der Waals surface area contributed by atoms with Gasteiger partial charge >= 0.3 is 0 Å². The molecule has 0 amide bonds. The average molecular weight is 471 g/mol. The Labute approximate surface area is 219 Å². The van der Waals surface area contributed by atoms with E-state index in [2.05, 4.69) is 30.7 Å². The molecule has 0 unspecified atom stereocenters. The average Bonchev–Trinajstić information content (AvgIpc) is 3.29. The minimum absolute atomic E-state index is 0.0123. The van der Waals surface area contributed by atoms with Crippen molar-refractivity contribution in [1.82, 2.24) is 9.97 Å². The highest BCUT2D eigenvalue weighted by atomic mass is 16.3. The van der Waals surface area contributed by atoms with Crippen LogP contribution >= 0.6 is 0 Å². The van der Waals surface area contributed by atoms with Crippen molar-refractivity contribution < 1.29 is 15.4 Å². The molecule has 0 saturated carbocycles. The van der Waals surface area contributed by atoms with Crippen LogP contribution in [-0.4, -0.2) is 9.97 Å². The van der Waals surface area contributed by atoms with Gasteiger partial charge in [-0.1, -0.05) is 71.0 Å². The van der Waals surface area contributed by atoms with Crippen molar-refractivity contribution in [2.24, 2.45) is 0 Å². The molecule has 0 saturated heterocycles. The zero-order valence-corrected chi connectivity index (χ0v) is 20.7. The Morgan fingerprint density at radius 3 is 2.37 bits per heavy atom. The third kappa shape index (κ3) is 4.36. The van der Waals surface area contributed by atoms with Gasteiger partial charge < -0.3 is 4.42 Å². The molecule has 0 aliphatic rings. The van der Waals surface area contributed by atoms with Gasteiger partial charge in [-0.05, 0) is 77.4 Å². The summed E-state index contributed by atoms with van der Waals surface area (Å²) in [6.45, 7) is 4.87. The van der Waals surface area contributed by atoms with Crippen LogP contribution in [0.5, 0.6) is 0 Å². The lowest BCUT2D eigenvalue weighted by Crippen LogP contribution is -2.22. The third-order valence-electron chi connectivity index (χ3n) is 6.46. The highest BCUT2D eigenvalue weighted by Gasteiger charge is 2.24. The fraction of sp³-hybridized carbons (Fsp3) is 0.312. The van der Waals surface area contributed by atoms with Gasteiger partial charge in [0.05, 0.1) is 5.69 Å². The first-order valence-corrected chi connectivity index (χ1v) is 11.7. The number of furan rings is 1. The summed E-state index contributed by atoms with van der Waals surface area (Å²) in [6, 6.07) is 17.8. The van der Waals surface area contributed by atoms with Gasteiger partial charge in [0.15, 0.2) is 0 Å². The predicted molar refractivity (Wildman–Crippen MR) is 146 cm³/mol. The van der Waals surface area contributed by atoms with Crippen LogP contribution in [0.15, 0.2) is 71.3 Å². The van der Waals surface area contributed by atoms with E-state index in [0.29, 0.717) is 27.6 Å². The van der Waals surface area contributed by atoms with Gasteiger partial charge in [-0.2, -0.15) is 0 Å². The number of aromatic nitrogens is 2. The van der Waals surface area contributed by atoms with E-state index in [1.165, 1.54) is 18.3 Å². The van der Waals surface area contributed by atoms with Gasteiger partial charge in [0.2, 0.25) is 5.71 Å². The SMILES string of the molecule is [2H]C([2H])([2H])c1ccc2c(n1)oc1c(-c3cc(C([2H])([2H])C(C)(C)c4ccc(C(C)(C)C)cc4)c(C([2H])([2H])[2H])cn3)cccc12. The van der Waals surface area contributed by atoms with Crippen LogP contribution in [0.1, 0.15) is 73.5 Å². The van der Waals surface area contributed by atoms with E-state index in [-0.39, 0.29) is 27.9 Å². The Morgan fingerprint density at radius 2 is 1.66 bits per heavy atom. The molecule has 3 heteroatoms. The Balaban J connectivity index is 1.69. The molecule has 0 spiro atoms. The number of fused-ring (bicyclic) bond motifs is 3. The zero-order chi connectivity index (χ0) is 31.8. The standard InChI is InChI=1S/C32H34N2O/c1-20-19-33-28(27-10-8-9-25-26-16-11-21(2)34-30(26)35-29(25)27)17-22(20)18-32(6,7)24-14-12-23(13-15-24)31(3,4)5/h8-17,19H,18H2,1-7H3/i1D3,2D3,18D2. The Hall–Kier alpha value is -3.46. The van der Waals surface area contributed by atoms with Crippen LogP contribution < -0.4 is 0 Å². The fourth-order valence-corrected chi connectivity index (χ4v) is 4.38. The van der Waals surface area contributed by atoms with E-state index < -0.39 is 25.5 Å². The van der Waals surface area contributed by atoms with Crippen LogP contribution in [-0.2, 0) is 17.2 Å². The molecule has 3 aromatic heterocycles. The smallest absolute Gasteiger partial charge is 0.227 e. The number of nitrogens with zero attached hydrogens (tertiary/aromatic N) is 2. The summed E-state index contributed by atoms with van der Waals surface area (Å²) < 4.78 is 72.6. The molecule has 178 valence electrons. The molecular formula is C32H34N2O. The first kappa shape index (κ1) is 15.5. The molecule has 0 atom stereocenters. The van der Waals surface area contributed by atoms with Gasteiger partial charge in [-0.15, -0.1) is 0 Å². The summed E-state index contributed by atoms with van der Waals surface area (Å²) in [7, 11) is 0. The maximum absolute atomic E-state index is 9.40. The van der Waals surface area contributed by atoms with E-state index in [1.54, 1.807) is 32.0 Å². The number of benzene rings is 2. The molecule has 3 heterocycles. The van der Waals surface area contributed by atoms with Gasteiger partial charge in [0.25, 0.3) is 0 Å². The van der Waals surface area contributed by atoms with Crippen molar-refractivity contribution in [3.63, 3.8) is 0 Å². The summed E-state index contributed by atoms with van der Waals surface area (Å²) >= 11 is 0. The van der Waals surface area contributed by atoms with Crippen LogP contribution in [0.3, 0.4) is 0 Å². The molecule has 0 fully saturated rings. The Kier molecular flexibility index (Phi) is 3.70. The second kappa shape index (κ2) is 8.34. The number of pyridine rings is 2. The van der Waals surface area contributed by atoms with Crippen LogP contribution in [0.4, 0.5) is 0 Å². The van der Waals surface area contributed by atoms with Crippen molar-refractivity contribution >= 4 is 22.1 Å². The second-order valence-corrected chi connectivity index (χ2v) is 10.5. The molecule has 35 heavy (non-hydrogen) atoms. The Bertz CT molecular complexity index is 1830. The Morgan fingerprint density at radius 1 is 0.886 bits per heavy atom. The van der Waals surface area contributed by atoms with Gasteiger partial charge in [0, 0.05) is 39.2 Å². The summed E-state index contributed by atoms with van der Waals surface area (Å²) in [4.78, 5) is 8.69. The quantitative estimate of drug-likeness (QED) is 0.264. The van der Waals surface area contributed by atoms with Crippen molar-refractivity contribution in [3.05, 3.63) is 94.8 Å². The summed E-state index contributed by atoms with van der Waals surface area (Å²) in [6.07, 6.45) is -0.906. The van der Waals surface area contributed by atoms with E-state index >= 15 is 0 Å². The molecule has 3 nitrogen and oxygen atoms in total. The lowest BCUT2D eigenvalue weighted by molar-refractivity contribution is 0.519. The lowest BCUT2D eigenvalue weighted by atomic mass is 9.77. The molecule has 5 rings (SSSR count). The molecule has 0 aliphatic heterocycles. The highest BCUT2D eigenvalue weighted by molar-refractivity contribution is 6.08. The first-order chi connectivity index (χ1) is 19.7. The number of para-hydroxylation sites is 1. The van der Waals surface area contributed by atoms with Crippen molar-refractivity contribution in [2.45, 2.75) is 65.5 Å². The van der Waals surface area contributed by atoms with E-state index in [4.69, 9.17) is 12.6 Å². The minimum Gasteiger partial charge on any atom is -0.437 e. The van der Waals surface area contributed by atoms with Crippen LogP contribution in [0.2, 0.25) is 0 Å². The van der Waals surface area contributed by atoms with E-state index in [9.17, 15) is 2.74 Å². The highest BCUT2D eigenvalue weighted by Crippen LogP contribution is 2.36. The number of hydrogen-bond acceptors (Lipinski definition) is 3. The summed E-state index contributed by atoms with van der Waals surface area (Å²) in [5, 5.41) is 1.31. The summed E-state index contributed by atoms with van der Waals surface area (Å²) in [5.74, 6) is 0. The van der Waals surface area contributed by atoms with E-state index in [1.807, 2.05) is 30.3 Å². The topological polar surface area (TPSA) is 38.9 Å². The number of aryl methyl sites for hydroxylation is 2. The lowest BCUT2D eigenvalue weighted by Gasteiger charge is -2.28. The van der Waals surface area contributed by atoms with Gasteiger partial charge in [0.1, 0.15) is 5.58 Å². The van der Waals surface area contributed by atoms with Crippen molar-refractivity contribution in [2.75, 3.05) is 0 Å². The molecule has 0 aliphatic carbocycles. The maximum Gasteiger partial charge on any atom is 0.227 e. The molecule has 0 radical (unpaired) electrons.